The van der Waals surface area contributed by atoms with Crippen LogP contribution in [0.2, 0.25) is 0 Å². The van der Waals surface area contributed by atoms with E-state index < -0.39 is 10.0 Å². The molecule has 9 heteroatoms. The Morgan fingerprint density at radius 3 is 2.36 bits per heavy atom. The Morgan fingerprint density at radius 1 is 1.09 bits per heavy atom. The van der Waals surface area contributed by atoms with Gasteiger partial charge in [-0.3, -0.25) is 4.79 Å². The van der Waals surface area contributed by atoms with Gasteiger partial charge in [0.2, 0.25) is 10.0 Å². The number of hydrogen-bond donors (Lipinski definition) is 1. The molecule has 0 aromatic heterocycles. The summed E-state index contributed by atoms with van der Waals surface area (Å²) in [5.74, 6) is 0.715. The first kappa shape index (κ1) is 25.0. The van der Waals surface area contributed by atoms with E-state index in [1.54, 1.807) is 4.90 Å². The second-order valence-electron chi connectivity index (χ2n) is 8.79. The maximum Gasteiger partial charge on any atom is 0.257 e. The van der Waals surface area contributed by atoms with Crippen molar-refractivity contribution in [2.45, 2.75) is 31.1 Å². The highest BCUT2D eigenvalue weighted by atomic mass is 32.2. The second-order valence-corrected chi connectivity index (χ2v) is 10.6. The first-order valence-corrected chi connectivity index (χ1v) is 12.4. The molecule has 3 rings (SSSR count). The third-order valence-electron chi connectivity index (χ3n) is 5.39. The summed E-state index contributed by atoms with van der Waals surface area (Å²) in [6.07, 6.45) is 0. The van der Waals surface area contributed by atoms with E-state index >= 15 is 0 Å². The number of morpholine rings is 1. The number of nitrogens with one attached hydrogen (secondary N) is 1. The lowest BCUT2D eigenvalue weighted by Crippen LogP contribution is -2.40. The fourth-order valence-corrected chi connectivity index (χ4v) is 4.48. The highest BCUT2D eigenvalue weighted by molar-refractivity contribution is 7.89. The van der Waals surface area contributed by atoms with E-state index in [-0.39, 0.29) is 34.9 Å². The van der Waals surface area contributed by atoms with Gasteiger partial charge in [0.25, 0.3) is 5.91 Å². The number of hydrogen-bond acceptors (Lipinski definition) is 6. The summed E-state index contributed by atoms with van der Waals surface area (Å²) in [6, 6.07) is 12.0. The smallest absolute Gasteiger partial charge is 0.257 e. The molecule has 8 nitrogen and oxygen atoms in total. The fourth-order valence-electron chi connectivity index (χ4n) is 3.44. The van der Waals surface area contributed by atoms with Crippen LogP contribution in [0.4, 0.5) is 0 Å². The number of amides is 1. The first-order valence-electron chi connectivity index (χ1n) is 10.9. The molecule has 180 valence electrons. The zero-order chi connectivity index (χ0) is 24.1. The zero-order valence-electron chi connectivity index (χ0n) is 19.6. The van der Waals surface area contributed by atoms with Crippen molar-refractivity contribution in [2.24, 2.45) is 0 Å². The molecule has 0 spiro atoms. The van der Waals surface area contributed by atoms with E-state index in [0.717, 1.165) is 0 Å². The van der Waals surface area contributed by atoms with Crippen molar-refractivity contribution >= 4 is 15.9 Å². The highest BCUT2D eigenvalue weighted by Crippen LogP contribution is 2.25. The van der Waals surface area contributed by atoms with E-state index in [1.807, 2.05) is 24.3 Å². The Kier molecular flexibility index (Phi) is 7.99. The molecule has 1 aliphatic heterocycles. The third kappa shape index (κ3) is 6.46. The zero-order valence-corrected chi connectivity index (χ0v) is 20.4. The number of ether oxygens (including phenoxy) is 3. The van der Waals surface area contributed by atoms with E-state index in [4.69, 9.17) is 14.2 Å². The van der Waals surface area contributed by atoms with Gasteiger partial charge < -0.3 is 19.1 Å². The highest BCUT2D eigenvalue weighted by Gasteiger charge is 2.24. The second kappa shape index (κ2) is 10.5. The molecule has 1 amide bonds. The molecule has 0 unspecified atom stereocenters. The minimum absolute atomic E-state index is 0.00515. The Hall–Kier alpha value is -2.62. The summed E-state index contributed by atoms with van der Waals surface area (Å²) >= 11 is 0. The molecule has 2 aromatic rings. The number of carbonyl (C=O) groups is 1. The average molecular weight is 477 g/mol. The van der Waals surface area contributed by atoms with E-state index in [2.05, 4.69) is 25.5 Å². The average Bonchev–Trinajstić information content (AvgIpc) is 2.81. The predicted octanol–water partition coefficient (Wildman–Crippen LogP) is 2.82. The van der Waals surface area contributed by atoms with Crippen molar-refractivity contribution in [1.29, 1.82) is 0 Å². The molecule has 0 aliphatic carbocycles. The van der Waals surface area contributed by atoms with Crippen LogP contribution in [0.25, 0.3) is 0 Å². The van der Waals surface area contributed by atoms with Crippen molar-refractivity contribution in [3.63, 3.8) is 0 Å². The molecule has 0 saturated carbocycles. The van der Waals surface area contributed by atoms with E-state index in [9.17, 15) is 13.2 Å². The first-order chi connectivity index (χ1) is 15.6. The summed E-state index contributed by atoms with van der Waals surface area (Å²) in [7, 11) is -2.39. The predicted molar refractivity (Wildman–Crippen MR) is 126 cm³/mol. The third-order valence-corrected chi connectivity index (χ3v) is 6.85. The lowest BCUT2D eigenvalue weighted by atomic mass is 9.87. The number of carbonyl (C=O) groups excluding carboxylic acids is 1. The van der Waals surface area contributed by atoms with Gasteiger partial charge in [-0.05, 0) is 41.3 Å². The number of benzene rings is 2. The van der Waals surface area contributed by atoms with Gasteiger partial charge in [0, 0.05) is 19.6 Å². The SMILES string of the molecule is COc1ccc(S(=O)(=O)NCCOc2ccc(C(C)(C)C)cc2)cc1C(=O)N1CCOCC1. The van der Waals surface area contributed by atoms with Crippen molar-refractivity contribution < 1.29 is 27.4 Å². The van der Waals surface area contributed by atoms with Crippen LogP contribution in [0.5, 0.6) is 11.5 Å². The van der Waals surface area contributed by atoms with Crippen molar-refractivity contribution in [2.75, 3.05) is 46.6 Å². The maximum atomic E-state index is 12.9. The summed E-state index contributed by atoms with van der Waals surface area (Å²) in [4.78, 5) is 14.5. The standard InChI is InChI=1S/C24H32N2O6S/c1-24(2,3)18-5-7-19(8-6-18)32-14-11-25-33(28,29)20-9-10-22(30-4)21(17-20)23(27)26-12-15-31-16-13-26/h5-10,17,25H,11-16H2,1-4H3. The van der Waals surface area contributed by atoms with Gasteiger partial charge in [-0.1, -0.05) is 32.9 Å². The molecule has 1 heterocycles. The van der Waals surface area contributed by atoms with Gasteiger partial charge in [-0.2, -0.15) is 0 Å². The van der Waals surface area contributed by atoms with Crippen molar-refractivity contribution in [3.05, 3.63) is 53.6 Å². The lowest BCUT2D eigenvalue weighted by Gasteiger charge is -2.27. The topological polar surface area (TPSA) is 94.2 Å². The van der Waals surface area contributed by atoms with Crippen LogP contribution in [0.3, 0.4) is 0 Å². The van der Waals surface area contributed by atoms with Crippen LogP contribution in [-0.4, -0.2) is 65.8 Å². The van der Waals surface area contributed by atoms with Gasteiger partial charge >= 0.3 is 0 Å². The minimum atomic E-state index is -3.83. The monoisotopic (exact) mass is 476 g/mol. The summed E-state index contributed by atoms with van der Waals surface area (Å²) in [5.41, 5.74) is 1.45. The van der Waals surface area contributed by atoms with Gasteiger partial charge in [0.05, 0.1) is 30.8 Å². The fraction of sp³-hybridized carbons (Fsp3) is 0.458. The Bertz CT molecular complexity index is 1060. The van der Waals surface area contributed by atoms with Crippen LogP contribution in [-0.2, 0) is 20.2 Å². The summed E-state index contributed by atoms with van der Waals surface area (Å²) < 4.78 is 44.4. The quantitative estimate of drug-likeness (QED) is 0.589. The van der Waals surface area contributed by atoms with Crippen LogP contribution >= 0.6 is 0 Å². The summed E-state index contributed by atoms with van der Waals surface area (Å²) in [6.45, 7) is 8.46. The number of methoxy groups -OCH3 is 1. The van der Waals surface area contributed by atoms with Gasteiger partial charge in [0.1, 0.15) is 18.1 Å². The molecule has 2 aromatic carbocycles. The van der Waals surface area contributed by atoms with Gasteiger partial charge in [0.15, 0.2) is 0 Å². The Morgan fingerprint density at radius 2 is 1.76 bits per heavy atom. The van der Waals surface area contributed by atoms with Crippen LogP contribution < -0.4 is 14.2 Å². The maximum absolute atomic E-state index is 12.9. The van der Waals surface area contributed by atoms with Crippen molar-refractivity contribution in [3.8, 4) is 11.5 Å². The largest absolute Gasteiger partial charge is 0.496 e. The normalized spacial score (nSPS) is 14.7. The molecular weight excluding hydrogens is 444 g/mol. The van der Waals surface area contributed by atoms with Crippen LogP contribution in [0.15, 0.2) is 47.4 Å². The molecule has 1 N–H and O–H groups in total. The molecule has 0 atom stereocenters. The van der Waals surface area contributed by atoms with Crippen molar-refractivity contribution in [1.82, 2.24) is 9.62 Å². The van der Waals surface area contributed by atoms with E-state index in [0.29, 0.717) is 37.8 Å². The number of sulfonamides is 1. The molecular formula is C24H32N2O6S. The Labute approximate surface area is 195 Å². The Balaban J connectivity index is 1.63. The number of rotatable bonds is 8. The molecule has 1 aliphatic rings. The molecule has 33 heavy (non-hydrogen) atoms. The van der Waals surface area contributed by atoms with Crippen LogP contribution in [0.1, 0.15) is 36.7 Å². The lowest BCUT2D eigenvalue weighted by molar-refractivity contribution is 0.0300. The minimum Gasteiger partial charge on any atom is -0.496 e. The molecule has 1 saturated heterocycles. The molecule has 1 fully saturated rings. The summed E-state index contributed by atoms with van der Waals surface area (Å²) in [5, 5.41) is 0. The van der Waals surface area contributed by atoms with Gasteiger partial charge in [-0.15, -0.1) is 0 Å². The number of nitrogens with zero attached hydrogens (tertiary/aromatic N) is 1. The van der Waals surface area contributed by atoms with Gasteiger partial charge in [-0.25, -0.2) is 13.1 Å². The molecule has 0 radical (unpaired) electrons. The molecule has 0 bridgehead atoms. The van der Waals surface area contributed by atoms with E-state index in [1.165, 1.54) is 30.9 Å². The van der Waals surface area contributed by atoms with Crippen LogP contribution in [0, 0.1) is 0 Å².